The van der Waals surface area contributed by atoms with Crippen LogP contribution in [-0.2, 0) is 22.4 Å². The third-order valence-electron chi connectivity index (χ3n) is 5.75. The summed E-state index contributed by atoms with van der Waals surface area (Å²) in [4.78, 5) is 0. The van der Waals surface area contributed by atoms with Crippen LogP contribution in [0.5, 0.6) is 11.5 Å². The standard InChI is InChI=1S/C27H39O2P/c1-17-12-18(2)23-19(13-17)16-30(28-23)29-24-21(26(6,7)8)14-20(25(3,4)5)15-22(24)27(9,10)11/h12-15H,16H2,1-11H3. The third-order valence-corrected chi connectivity index (χ3v) is 7.12. The van der Waals surface area contributed by atoms with Gasteiger partial charge in [0.2, 0.25) is 0 Å². The van der Waals surface area contributed by atoms with E-state index in [4.69, 9.17) is 9.05 Å². The predicted octanol–water partition coefficient (Wildman–Crippen LogP) is 8.48. The van der Waals surface area contributed by atoms with Crippen LogP contribution < -0.4 is 9.05 Å². The van der Waals surface area contributed by atoms with E-state index in [2.05, 4.69) is 100 Å². The second-order valence-electron chi connectivity index (χ2n) is 11.9. The number of rotatable bonds is 2. The van der Waals surface area contributed by atoms with E-state index in [0.29, 0.717) is 0 Å². The maximum atomic E-state index is 6.78. The fourth-order valence-electron chi connectivity index (χ4n) is 3.99. The van der Waals surface area contributed by atoms with Crippen LogP contribution in [0.3, 0.4) is 0 Å². The lowest BCUT2D eigenvalue weighted by Crippen LogP contribution is -2.22. The lowest BCUT2D eigenvalue weighted by molar-refractivity contribution is 0.458. The number of hydrogen-bond donors (Lipinski definition) is 0. The summed E-state index contributed by atoms with van der Waals surface area (Å²) in [6.07, 6.45) is 0.849. The zero-order valence-electron chi connectivity index (χ0n) is 20.8. The van der Waals surface area contributed by atoms with Gasteiger partial charge in [-0.25, -0.2) is 0 Å². The first-order valence-electron chi connectivity index (χ1n) is 11.0. The van der Waals surface area contributed by atoms with Crippen molar-refractivity contribution >= 4 is 8.38 Å². The van der Waals surface area contributed by atoms with E-state index in [-0.39, 0.29) is 16.2 Å². The van der Waals surface area contributed by atoms with Gasteiger partial charge in [-0.3, -0.25) is 0 Å². The molecule has 2 nitrogen and oxygen atoms in total. The lowest BCUT2D eigenvalue weighted by atomic mass is 9.75. The lowest BCUT2D eigenvalue weighted by Gasteiger charge is -2.33. The summed E-state index contributed by atoms with van der Waals surface area (Å²) in [7, 11) is -1.04. The normalized spacial score (nSPS) is 17.0. The van der Waals surface area contributed by atoms with Crippen molar-refractivity contribution in [3.05, 3.63) is 57.6 Å². The summed E-state index contributed by atoms with van der Waals surface area (Å²) in [5.41, 5.74) is 7.71. The van der Waals surface area contributed by atoms with Gasteiger partial charge in [0, 0.05) is 16.7 Å². The quantitative estimate of drug-likeness (QED) is 0.448. The molecule has 0 aromatic heterocycles. The van der Waals surface area contributed by atoms with E-state index in [0.717, 1.165) is 17.7 Å². The van der Waals surface area contributed by atoms with E-state index in [1.807, 2.05) is 0 Å². The Kier molecular flexibility index (Phi) is 5.83. The number of fused-ring (bicyclic) bond motifs is 1. The summed E-state index contributed by atoms with van der Waals surface area (Å²) >= 11 is 0. The Labute approximate surface area is 185 Å². The van der Waals surface area contributed by atoms with Crippen LogP contribution >= 0.6 is 8.38 Å². The Hall–Kier alpha value is -1.53. The van der Waals surface area contributed by atoms with Crippen LogP contribution in [0.4, 0.5) is 0 Å². The van der Waals surface area contributed by atoms with Crippen molar-refractivity contribution in [3.63, 3.8) is 0 Å². The molecule has 3 heteroatoms. The molecule has 1 aliphatic rings. The van der Waals surface area contributed by atoms with E-state index in [9.17, 15) is 0 Å². The summed E-state index contributed by atoms with van der Waals surface area (Å²) in [5.74, 6) is 2.05. The molecule has 1 unspecified atom stereocenters. The number of aryl methyl sites for hydroxylation is 2. The Balaban J connectivity index is 2.11. The molecule has 1 atom stereocenters. The van der Waals surface area contributed by atoms with Crippen molar-refractivity contribution in [2.75, 3.05) is 0 Å². The van der Waals surface area contributed by atoms with Crippen LogP contribution in [0.1, 0.15) is 95.7 Å². The molecule has 0 saturated carbocycles. The molecular formula is C27H39O2P. The van der Waals surface area contributed by atoms with Crippen molar-refractivity contribution < 1.29 is 9.05 Å². The smallest absolute Gasteiger partial charge is 0.295 e. The molecule has 0 saturated heterocycles. The molecular weight excluding hydrogens is 387 g/mol. The monoisotopic (exact) mass is 426 g/mol. The molecule has 1 heterocycles. The molecule has 164 valence electrons. The Bertz CT molecular complexity index is 918. The maximum absolute atomic E-state index is 6.78. The zero-order valence-corrected chi connectivity index (χ0v) is 21.7. The van der Waals surface area contributed by atoms with Gasteiger partial charge < -0.3 is 9.05 Å². The van der Waals surface area contributed by atoms with Gasteiger partial charge in [-0.2, -0.15) is 0 Å². The van der Waals surface area contributed by atoms with Gasteiger partial charge in [0.05, 0.1) is 6.16 Å². The highest BCUT2D eigenvalue weighted by Crippen LogP contribution is 2.56. The maximum Gasteiger partial charge on any atom is 0.295 e. The highest BCUT2D eigenvalue weighted by molar-refractivity contribution is 7.47. The highest BCUT2D eigenvalue weighted by Gasteiger charge is 2.34. The van der Waals surface area contributed by atoms with Gasteiger partial charge in [0.15, 0.2) is 0 Å². The van der Waals surface area contributed by atoms with Gasteiger partial charge in [0.25, 0.3) is 8.38 Å². The average molecular weight is 427 g/mol. The Morgan fingerprint density at radius 3 is 1.77 bits per heavy atom. The van der Waals surface area contributed by atoms with Crippen LogP contribution in [0.15, 0.2) is 24.3 Å². The van der Waals surface area contributed by atoms with Crippen LogP contribution in [0.25, 0.3) is 0 Å². The minimum atomic E-state index is -1.04. The summed E-state index contributed by atoms with van der Waals surface area (Å²) in [5, 5.41) is 0. The third kappa shape index (κ3) is 4.70. The Morgan fingerprint density at radius 2 is 1.30 bits per heavy atom. The first kappa shape index (κ1) is 23.1. The molecule has 3 rings (SSSR count). The fraction of sp³-hybridized carbons (Fsp3) is 0.556. The highest BCUT2D eigenvalue weighted by atomic mass is 31.2. The molecule has 30 heavy (non-hydrogen) atoms. The van der Waals surface area contributed by atoms with Crippen molar-refractivity contribution in [1.29, 1.82) is 0 Å². The summed E-state index contributed by atoms with van der Waals surface area (Å²) in [6.45, 7) is 24.8. The molecule has 0 N–H and O–H groups in total. The van der Waals surface area contributed by atoms with Gasteiger partial charge >= 0.3 is 0 Å². The first-order chi connectivity index (χ1) is 13.6. The topological polar surface area (TPSA) is 18.5 Å². The second kappa shape index (κ2) is 7.56. The van der Waals surface area contributed by atoms with Crippen LogP contribution in [0, 0.1) is 13.8 Å². The van der Waals surface area contributed by atoms with Crippen molar-refractivity contribution in [3.8, 4) is 11.5 Å². The number of hydrogen-bond acceptors (Lipinski definition) is 2. The molecule has 0 spiro atoms. The minimum absolute atomic E-state index is 0.0228. The fourth-order valence-corrected chi connectivity index (χ4v) is 5.54. The zero-order chi connectivity index (χ0) is 22.6. The molecule has 0 radical (unpaired) electrons. The first-order valence-corrected chi connectivity index (χ1v) is 12.4. The molecule has 0 fully saturated rings. The summed E-state index contributed by atoms with van der Waals surface area (Å²) < 4.78 is 13.2. The number of benzene rings is 2. The van der Waals surface area contributed by atoms with Crippen molar-refractivity contribution in [1.82, 2.24) is 0 Å². The van der Waals surface area contributed by atoms with Gasteiger partial charge in [0.1, 0.15) is 11.5 Å². The SMILES string of the molecule is Cc1cc(C)c2c(c1)CP(Oc1c(C(C)(C)C)cc(C(C)(C)C)cc1C(C)(C)C)O2. The van der Waals surface area contributed by atoms with Crippen LogP contribution in [-0.4, -0.2) is 0 Å². The van der Waals surface area contributed by atoms with Gasteiger partial charge in [-0.15, -0.1) is 0 Å². The molecule has 0 aliphatic carbocycles. The second-order valence-corrected chi connectivity index (χ2v) is 13.2. The summed E-state index contributed by atoms with van der Waals surface area (Å²) in [6, 6.07) is 9.15. The predicted molar refractivity (Wildman–Crippen MR) is 130 cm³/mol. The van der Waals surface area contributed by atoms with E-state index in [1.54, 1.807) is 0 Å². The van der Waals surface area contributed by atoms with Crippen molar-refractivity contribution in [2.24, 2.45) is 0 Å². The molecule has 0 bridgehead atoms. The average Bonchev–Trinajstić information content (AvgIpc) is 2.94. The Morgan fingerprint density at radius 1 is 0.767 bits per heavy atom. The van der Waals surface area contributed by atoms with E-state index >= 15 is 0 Å². The van der Waals surface area contributed by atoms with E-state index in [1.165, 1.54) is 33.4 Å². The largest absolute Gasteiger partial charge is 0.438 e. The molecule has 1 aliphatic heterocycles. The molecule has 2 aromatic rings. The molecule has 0 amide bonds. The van der Waals surface area contributed by atoms with Crippen molar-refractivity contribution in [2.45, 2.75) is 98.6 Å². The van der Waals surface area contributed by atoms with Crippen LogP contribution in [0.2, 0.25) is 0 Å². The molecule has 2 aromatic carbocycles. The minimum Gasteiger partial charge on any atom is -0.438 e. The van der Waals surface area contributed by atoms with Gasteiger partial charge in [-0.05, 0) is 41.2 Å². The van der Waals surface area contributed by atoms with E-state index < -0.39 is 8.38 Å². The van der Waals surface area contributed by atoms with Gasteiger partial charge in [-0.1, -0.05) is 92.1 Å².